The van der Waals surface area contributed by atoms with Crippen LogP contribution in [0, 0.1) is 0 Å². The van der Waals surface area contributed by atoms with Gasteiger partial charge < -0.3 is 24.3 Å². The van der Waals surface area contributed by atoms with E-state index in [1.807, 2.05) is 55.5 Å². The summed E-state index contributed by atoms with van der Waals surface area (Å²) in [6.45, 7) is 5.15. The van der Waals surface area contributed by atoms with Gasteiger partial charge in [0.15, 0.2) is 0 Å². The fourth-order valence-corrected chi connectivity index (χ4v) is 3.91. The van der Waals surface area contributed by atoms with Gasteiger partial charge in [0.25, 0.3) is 0 Å². The number of amides is 2. The minimum atomic E-state index is -0.250. The SMILES string of the molecule is CCc1oc2ccccc2c1/C=C/C(=O)N(C)CC(=O)Nc1ccc(N2CCOCC2)cc1. The van der Waals surface area contributed by atoms with Gasteiger partial charge in [-0.3, -0.25) is 9.59 Å². The van der Waals surface area contributed by atoms with E-state index in [4.69, 9.17) is 9.15 Å². The number of hydrogen-bond acceptors (Lipinski definition) is 5. The molecule has 0 bridgehead atoms. The van der Waals surface area contributed by atoms with Crippen LogP contribution in [0.3, 0.4) is 0 Å². The molecule has 1 aromatic heterocycles. The van der Waals surface area contributed by atoms with E-state index in [9.17, 15) is 9.59 Å². The molecule has 2 heterocycles. The molecule has 1 saturated heterocycles. The lowest BCUT2D eigenvalue weighted by Gasteiger charge is -2.28. The number of hydrogen-bond donors (Lipinski definition) is 1. The Morgan fingerprint density at radius 2 is 1.82 bits per heavy atom. The highest BCUT2D eigenvalue weighted by atomic mass is 16.5. The van der Waals surface area contributed by atoms with Crippen molar-refractivity contribution in [2.75, 3.05) is 50.1 Å². The van der Waals surface area contributed by atoms with Crippen molar-refractivity contribution in [3.05, 3.63) is 65.9 Å². The van der Waals surface area contributed by atoms with Gasteiger partial charge in [-0.2, -0.15) is 0 Å². The van der Waals surface area contributed by atoms with Crippen molar-refractivity contribution >= 4 is 40.2 Å². The molecule has 7 heteroatoms. The molecule has 1 aliphatic rings. The Morgan fingerprint density at radius 1 is 1.09 bits per heavy atom. The van der Waals surface area contributed by atoms with Crippen LogP contribution < -0.4 is 10.2 Å². The van der Waals surface area contributed by atoms with E-state index in [-0.39, 0.29) is 18.4 Å². The molecule has 2 aromatic carbocycles. The van der Waals surface area contributed by atoms with Gasteiger partial charge in [0.05, 0.1) is 19.8 Å². The van der Waals surface area contributed by atoms with Gasteiger partial charge in [0.1, 0.15) is 11.3 Å². The third-order valence-electron chi connectivity index (χ3n) is 5.71. The van der Waals surface area contributed by atoms with E-state index >= 15 is 0 Å². The Morgan fingerprint density at radius 3 is 2.55 bits per heavy atom. The molecular weight excluding hydrogens is 418 g/mol. The number of likely N-dealkylation sites (N-methyl/N-ethyl adjacent to an activating group) is 1. The fraction of sp³-hybridized carbons (Fsp3) is 0.308. The number of aryl methyl sites for hydroxylation is 1. The monoisotopic (exact) mass is 447 g/mol. The first-order chi connectivity index (χ1) is 16.0. The lowest BCUT2D eigenvalue weighted by Crippen LogP contribution is -2.36. The third-order valence-corrected chi connectivity index (χ3v) is 5.71. The van der Waals surface area contributed by atoms with E-state index in [0.29, 0.717) is 5.69 Å². The number of anilines is 2. The van der Waals surface area contributed by atoms with Crippen molar-refractivity contribution in [2.24, 2.45) is 0 Å². The van der Waals surface area contributed by atoms with Crippen LogP contribution in [0.2, 0.25) is 0 Å². The average Bonchev–Trinajstić information content (AvgIpc) is 3.21. The number of rotatable bonds is 7. The first kappa shape index (κ1) is 22.6. The number of morpholine rings is 1. The molecule has 3 aromatic rings. The van der Waals surface area contributed by atoms with Gasteiger partial charge in [-0.15, -0.1) is 0 Å². The Balaban J connectivity index is 1.34. The summed E-state index contributed by atoms with van der Waals surface area (Å²) in [5, 5.41) is 3.83. The van der Waals surface area contributed by atoms with E-state index in [2.05, 4.69) is 10.2 Å². The summed E-state index contributed by atoms with van der Waals surface area (Å²) in [5.74, 6) is 0.336. The van der Waals surface area contributed by atoms with Crippen molar-refractivity contribution in [2.45, 2.75) is 13.3 Å². The summed E-state index contributed by atoms with van der Waals surface area (Å²) >= 11 is 0. The van der Waals surface area contributed by atoms with E-state index in [1.165, 1.54) is 11.0 Å². The number of nitrogens with zero attached hydrogens (tertiary/aromatic N) is 2. The molecule has 2 amide bonds. The lowest BCUT2D eigenvalue weighted by atomic mass is 10.1. The molecular formula is C26H29N3O4. The third kappa shape index (κ3) is 5.43. The number of carbonyl (C=O) groups is 2. The number of carbonyl (C=O) groups excluding carboxylic acids is 2. The van der Waals surface area contributed by atoms with Gasteiger partial charge >= 0.3 is 0 Å². The van der Waals surface area contributed by atoms with Crippen molar-refractivity contribution in [1.82, 2.24) is 4.90 Å². The fourth-order valence-electron chi connectivity index (χ4n) is 3.91. The van der Waals surface area contributed by atoms with Crippen LogP contribution in [0.1, 0.15) is 18.2 Å². The normalized spacial score (nSPS) is 14.1. The average molecular weight is 448 g/mol. The topological polar surface area (TPSA) is 75.0 Å². The molecule has 0 atom stereocenters. The van der Waals surface area contributed by atoms with Gasteiger partial charge in [-0.25, -0.2) is 0 Å². The standard InChI is InChI=1S/C26H29N3O4/c1-3-23-22(21-6-4-5-7-24(21)33-23)12-13-26(31)28(2)18-25(30)27-19-8-10-20(11-9-19)29-14-16-32-17-15-29/h4-13H,3,14-18H2,1-2H3,(H,27,30)/b13-12+. The highest BCUT2D eigenvalue weighted by molar-refractivity contribution is 5.99. The minimum absolute atomic E-state index is 0.0405. The summed E-state index contributed by atoms with van der Waals surface area (Å²) in [5.41, 5.74) is 3.51. The molecule has 0 unspecified atom stereocenters. The van der Waals surface area contributed by atoms with Crippen molar-refractivity contribution in [1.29, 1.82) is 0 Å². The smallest absolute Gasteiger partial charge is 0.246 e. The predicted molar refractivity (Wildman–Crippen MR) is 130 cm³/mol. The Labute approximate surface area is 193 Å². The van der Waals surface area contributed by atoms with Gasteiger partial charge in [-0.1, -0.05) is 25.1 Å². The molecule has 0 saturated carbocycles. The minimum Gasteiger partial charge on any atom is -0.460 e. The van der Waals surface area contributed by atoms with Crippen LogP contribution >= 0.6 is 0 Å². The van der Waals surface area contributed by atoms with Crippen molar-refractivity contribution in [3.8, 4) is 0 Å². The van der Waals surface area contributed by atoms with Crippen LogP contribution in [0.15, 0.2) is 59.0 Å². The maximum Gasteiger partial charge on any atom is 0.246 e. The van der Waals surface area contributed by atoms with Gasteiger partial charge in [-0.05, 0) is 36.4 Å². The maximum atomic E-state index is 12.6. The van der Waals surface area contributed by atoms with Crippen molar-refractivity contribution < 1.29 is 18.7 Å². The molecule has 1 N–H and O–H groups in total. The van der Waals surface area contributed by atoms with E-state index in [1.54, 1.807) is 13.1 Å². The second-order valence-electron chi connectivity index (χ2n) is 8.01. The zero-order valence-corrected chi connectivity index (χ0v) is 19.0. The van der Waals surface area contributed by atoms with Gasteiger partial charge in [0.2, 0.25) is 11.8 Å². The molecule has 7 nitrogen and oxygen atoms in total. The molecule has 1 aliphatic heterocycles. The summed E-state index contributed by atoms with van der Waals surface area (Å²) in [6, 6.07) is 15.5. The largest absolute Gasteiger partial charge is 0.460 e. The Hall–Kier alpha value is -3.58. The number of fused-ring (bicyclic) bond motifs is 1. The number of nitrogens with one attached hydrogen (secondary N) is 1. The van der Waals surface area contributed by atoms with Crippen LogP contribution in [-0.2, 0) is 20.7 Å². The number of para-hydroxylation sites is 1. The second-order valence-corrected chi connectivity index (χ2v) is 8.01. The van der Waals surface area contributed by atoms with E-state index in [0.717, 1.165) is 60.7 Å². The summed E-state index contributed by atoms with van der Waals surface area (Å²) in [6.07, 6.45) is 3.98. The summed E-state index contributed by atoms with van der Waals surface area (Å²) < 4.78 is 11.3. The predicted octanol–water partition coefficient (Wildman–Crippen LogP) is 3.94. The Bertz CT molecular complexity index is 1140. The van der Waals surface area contributed by atoms with Gasteiger partial charge in [0, 0.05) is 55.0 Å². The second kappa shape index (κ2) is 10.4. The summed E-state index contributed by atoms with van der Waals surface area (Å²) in [4.78, 5) is 28.7. The zero-order chi connectivity index (χ0) is 23.2. The van der Waals surface area contributed by atoms with Crippen LogP contribution in [0.25, 0.3) is 17.0 Å². The van der Waals surface area contributed by atoms with Crippen molar-refractivity contribution in [3.63, 3.8) is 0 Å². The molecule has 0 spiro atoms. The number of benzene rings is 2. The highest BCUT2D eigenvalue weighted by Gasteiger charge is 2.14. The Kier molecular flexibility index (Phi) is 7.10. The lowest BCUT2D eigenvalue weighted by molar-refractivity contribution is -0.129. The quantitative estimate of drug-likeness (QED) is 0.556. The molecule has 4 rings (SSSR count). The van der Waals surface area contributed by atoms with E-state index < -0.39 is 0 Å². The molecule has 172 valence electrons. The number of ether oxygens (including phenoxy) is 1. The first-order valence-electron chi connectivity index (χ1n) is 11.2. The maximum absolute atomic E-state index is 12.6. The highest BCUT2D eigenvalue weighted by Crippen LogP contribution is 2.27. The van der Waals surface area contributed by atoms with Crippen LogP contribution in [0.4, 0.5) is 11.4 Å². The van der Waals surface area contributed by atoms with Crippen LogP contribution in [-0.4, -0.2) is 56.6 Å². The molecule has 0 radical (unpaired) electrons. The first-order valence-corrected chi connectivity index (χ1v) is 11.2. The van der Waals surface area contributed by atoms with Crippen LogP contribution in [0.5, 0.6) is 0 Å². The summed E-state index contributed by atoms with van der Waals surface area (Å²) in [7, 11) is 1.61. The molecule has 0 aliphatic carbocycles. The molecule has 33 heavy (non-hydrogen) atoms. The zero-order valence-electron chi connectivity index (χ0n) is 19.0. The number of furan rings is 1. The molecule has 1 fully saturated rings.